The maximum atomic E-state index is 11.4. The molecule has 0 aromatic rings. The molecule has 94 valence electrons. The Morgan fingerprint density at radius 2 is 1.47 bits per heavy atom. The first-order valence-electron chi connectivity index (χ1n) is 5.90. The van der Waals surface area contributed by atoms with Gasteiger partial charge in [-0.3, -0.25) is 9.59 Å². The van der Waals surface area contributed by atoms with E-state index in [0.29, 0.717) is 0 Å². The third-order valence-corrected chi connectivity index (χ3v) is 3.87. The van der Waals surface area contributed by atoms with Gasteiger partial charge in [-0.25, -0.2) is 0 Å². The van der Waals surface area contributed by atoms with Crippen LogP contribution in [0.1, 0.15) is 46.0 Å². The summed E-state index contributed by atoms with van der Waals surface area (Å²) in [6.07, 6.45) is 4.41. The van der Waals surface area contributed by atoms with Gasteiger partial charge in [0.25, 0.3) is 0 Å². The van der Waals surface area contributed by atoms with Crippen LogP contribution in [0, 0.1) is 17.3 Å². The molecule has 0 aliphatic heterocycles. The average Bonchev–Trinajstić information content (AvgIpc) is 2.18. The molecule has 1 saturated carbocycles. The molecule has 0 unspecified atom stereocenters. The van der Waals surface area contributed by atoms with Crippen molar-refractivity contribution in [1.82, 2.24) is 0 Å². The van der Waals surface area contributed by atoms with Crippen molar-refractivity contribution in [3.05, 3.63) is 0 Å². The summed E-state index contributed by atoms with van der Waals surface area (Å²) in [5.41, 5.74) is -1.60. The number of carboxylic acids is 2. The van der Waals surface area contributed by atoms with E-state index in [1.807, 2.05) is 0 Å². The third-order valence-electron chi connectivity index (χ3n) is 3.87. The molecule has 0 spiro atoms. The molecule has 1 rings (SSSR count). The van der Waals surface area contributed by atoms with E-state index in [1.54, 1.807) is 13.8 Å². The number of carboxylic acid groups (broad SMARTS) is 2. The van der Waals surface area contributed by atoms with E-state index in [9.17, 15) is 19.8 Å². The Morgan fingerprint density at radius 1 is 1.06 bits per heavy atom. The topological polar surface area (TPSA) is 74.6 Å². The molecule has 5 heteroatoms. The Hall–Kier alpha value is -0.0600. The van der Waals surface area contributed by atoms with Crippen molar-refractivity contribution in [2.75, 3.05) is 0 Å². The second-order valence-corrected chi connectivity index (χ2v) is 4.97. The van der Waals surface area contributed by atoms with Gasteiger partial charge in [-0.05, 0) is 24.7 Å². The van der Waals surface area contributed by atoms with Gasteiger partial charge in [0.05, 0.1) is 0 Å². The van der Waals surface area contributed by atoms with Gasteiger partial charge in [-0.15, -0.1) is 0 Å². The minimum absolute atomic E-state index is 0. The number of hydrogen-bond donors (Lipinski definition) is 2. The zero-order valence-electron chi connectivity index (χ0n) is 9.90. The van der Waals surface area contributed by atoms with Crippen molar-refractivity contribution >= 4 is 41.5 Å². The van der Waals surface area contributed by atoms with Crippen LogP contribution in [0.5, 0.6) is 0 Å². The molecular weight excluding hydrogens is 231 g/mol. The molecule has 4 nitrogen and oxygen atoms in total. The number of carbonyl (C=O) groups is 2. The van der Waals surface area contributed by atoms with Crippen LogP contribution in [0.3, 0.4) is 0 Å². The molecule has 0 aromatic carbocycles. The molecule has 0 saturated heterocycles. The first kappa shape index (κ1) is 16.9. The van der Waals surface area contributed by atoms with E-state index in [2.05, 4.69) is 0 Å². The van der Waals surface area contributed by atoms with E-state index >= 15 is 0 Å². The molecule has 17 heavy (non-hydrogen) atoms. The summed E-state index contributed by atoms with van der Waals surface area (Å²) in [5, 5.41) is 18.7. The van der Waals surface area contributed by atoms with Crippen molar-refractivity contribution in [2.24, 2.45) is 17.3 Å². The molecule has 2 N–H and O–H groups in total. The van der Waals surface area contributed by atoms with Crippen molar-refractivity contribution in [2.45, 2.75) is 46.0 Å². The minimum atomic E-state index is -1.60. The fourth-order valence-electron chi connectivity index (χ4n) is 2.96. The second kappa shape index (κ2) is 6.76. The quantitative estimate of drug-likeness (QED) is 0.590. The van der Waals surface area contributed by atoms with E-state index in [-0.39, 0.29) is 41.4 Å². The van der Waals surface area contributed by atoms with E-state index < -0.39 is 17.4 Å². The molecular formula is C12H21NaO4. The van der Waals surface area contributed by atoms with E-state index in [1.165, 1.54) is 0 Å². The van der Waals surface area contributed by atoms with Crippen molar-refractivity contribution < 1.29 is 19.8 Å². The Labute approximate surface area is 124 Å². The zero-order chi connectivity index (χ0) is 12.3. The average molecular weight is 252 g/mol. The Kier molecular flexibility index (Phi) is 6.74. The molecule has 0 amide bonds. The van der Waals surface area contributed by atoms with E-state index in [0.717, 1.165) is 32.1 Å². The summed E-state index contributed by atoms with van der Waals surface area (Å²) in [7, 11) is 0. The summed E-state index contributed by atoms with van der Waals surface area (Å²) in [6, 6.07) is 0. The van der Waals surface area contributed by atoms with Crippen LogP contribution in [-0.4, -0.2) is 51.7 Å². The SMILES string of the molecule is CC(C)C(C(=O)O)(C(=O)O)C1CCCCC1.[NaH]. The van der Waals surface area contributed by atoms with Crippen LogP contribution in [-0.2, 0) is 9.59 Å². The number of hydrogen-bond acceptors (Lipinski definition) is 2. The standard InChI is InChI=1S/C12H20O4.Na.H/c1-8(2)12(10(13)14,11(15)16)9-6-4-3-5-7-9;;/h8-9H,3-7H2,1-2H3,(H,13,14)(H,15,16);;. The molecule has 0 atom stereocenters. The monoisotopic (exact) mass is 252 g/mol. The van der Waals surface area contributed by atoms with Crippen LogP contribution in [0.2, 0.25) is 0 Å². The summed E-state index contributed by atoms with van der Waals surface area (Å²) >= 11 is 0. The summed E-state index contributed by atoms with van der Waals surface area (Å²) in [5.74, 6) is -2.97. The van der Waals surface area contributed by atoms with Crippen molar-refractivity contribution in [3.8, 4) is 0 Å². The summed E-state index contributed by atoms with van der Waals surface area (Å²) in [4.78, 5) is 22.8. The predicted molar refractivity (Wildman–Crippen MR) is 66.3 cm³/mol. The molecule has 0 aromatic heterocycles. The molecule has 1 fully saturated rings. The van der Waals surface area contributed by atoms with Crippen LogP contribution in [0.25, 0.3) is 0 Å². The number of rotatable bonds is 4. The van der Waals surface area contributed by atoms with Crippen LogP contribution in [0.4, 0.5) is 0 Å². The van der Waals surface area contributed by atoms with Gasteiger partial charge in [0.1, 0.15) is 0 Å². The molecule has 1 aliphatic rings. The number of aliphatic carboxylic acids is 2. The van der Waals surface area contributed by atoms with Crippen molar-refractivity contribution in [3.63, 3.8) is 0 Å². The Bertz CT molecular complexity index is 268. The van der Waals surface area contributed by atoms with Gasteiger partial charge < -0.3 is 10.2 Å². The predicted octanol–water partition coefficient (Wildman–Crippen LogP) is 1.73. The van der Waals surface area contributed by atoms with Gasteiger partial charge in [-0.2, -0.15) is 0 Å². The van der Waals surface area contributed by atoms with Gasteiger partial charge in [-0.1, -0.05) is 33.1 Å². The van der Waals surface area contributed by atoms with Gasteiger partial charge >= 0.3 is 41.5 Å². The van der Waals surface area contributed by atoms with Crippen molar-refractivity contribution in [1.29, 1.82) is 0 Å². The molecule has 0 bridgehead atoms. The van der Waals surface area contributed by atoms with Gasteiger partial charge in [0, 0.05) is 0 Å². The molecule has 0 radical (unpaired) electrons. The normalized spacial score (nSPS) is 17.6. The van der Waals surface area contributed by atoms with E-state index in [4.69, 9.17) is 0 Å². The Balaban J connectivity index is 0.00000256. The van der Waals surface area contributed by atoms with Crippen LogP contribution < -0.4 is 0 Å². The first-order chi connectivity index (χ1) is 7.44. The van der Waals surface area contributed by atoms with Gasteiger partial charge in [0.15, 0.2) is 5.41 Å². The fourth-order valence-corrected chi connectivity index (χ4v) is 2.96. The molecule has 0 heterocycles. The summed E-state index contributed by atoms with van der Waals surface area (Å²) < 4.78 is 0. The van der Waals surface area contributed by atoms with Crippen LogP contribution >= 0.6 is 0 Å². The fraction of sp³-hybridized carbons (Fsp3) is 0.833. The van der Waals surface area contributed by atoms with Gasteiger partial charge in [0.2, 0.25) is 0 Å². The Morgan fingerprint density at radius 3 is 1.76 bits per heavy atom. The third kappa shape index (κ3) is 3.04. The second-order valence-electron chi connectivity index (χ2n) is 4.97. The van der Waals surface area contributed by atoms with Crippen LogP contribution in [0.15, 0.2) is 0 Å². The summed E-state index contributed by atoms with van der Waals surface area (Å²) in [6.45, 7) is 3.38. The molecule has 1 aliphatic carbocycles. The maximum absolute atomic E-state index is 11.4. The zero-order valence-corrected chi connectivity index (χ0v) is 9.90. The first-order valence-corrected chi connectivity index (χ1v) is 5.90.